The van der Waals surface area contributed by atoms with Crippen LogP contribution in [0.2, 0.25) is 0 Å². The second-order valence-corrected chi connectivity index (χ2v) is 4.40. The fraction of sp³-hybridized carbons (Fsp3) is 1.00. The van der Waals surface area contributed by atoms with Crippen LogP contribution in [-0.4, -0.2) is 17.4 Å². The second kappa shape index (κ2) is 4.51. The van der Waals surface area contributed by atoms with Crippen molar-refractivity contribution in [1.29, 1.82) is 0 Å². The Bertz CT molecular complexity index is 179. The van der Waals surface area contributed by atoms with Gasteiger partial charge in [-0.3, -0.25) is 0 Å². The molecular formula is C10H17F3O. The van der Waals surface area contributed by atoms with E-state index in [9.17, 15) is 18.3 Å². The van der Waals surface area contributed by atoms with Crippen molar-refractivity contribution in [3.05, 3.63) is 0 Å². The van der Waals surface area contributed by atoms with E-state index in [4.69, 9.17) is 0 Å². The molecule has 0 aromatic rings. The normalized spacial score (nSPS) is 34.5. The Kier molecular flexibility index (Phi) is 3.81. The molecule has 1 N–H and O–H groups in total. The summed E-state index contributed by atoms with van der Waals surface area (Å²) in [6.45, 7) is 2.03. The zero-order valence-corrected chi connectivity index (χ0v) is 8.35. The molecule has 14 heavy (non-hydrogen) atoms. The van der Waals surface area contributed by atoms with Crippen molar-refractivity contribution in [3.8, 4) is 0 Å². The van der Waals surface area contributed by atoms with Gasteiger partial charge in [-0.2, -0.15) is 13.2 Å². The summed E-state index contributed by atoms with van der Waals surface area (Å²) in [7, 11) is 0. The molecule has 1 aliphatic rings. The zero-order chi connectivity index (χ0) is 10.8. The highest BCUT2D eigenvalue weighted by molar-refractivity contribution is 4.78. The fourth-order valence-electron chi connectivity index (χ4n) is 2.10. The Balaban J connectivity index is 2.31. The molecule has 1 aliphatic carbocycles. The molecule has 0 heterocycles. The van der Waals surface area contributed by atoms with E-state index in [0.717, 1.165) is 12.8 Å². The van der Waals surface area contributed by atoms with Crippen molar-refractivity contribution in [1.82, 2.24) is 0 Å². The Labute approximate surface area is 82.3 Å². The maximum absolute atomic E-state index is 11.9. The van der Waals surface area contributed by atoms with Gasteiger partial charge in [-0.05, 0) is 31.1 Å². The number of halogens is 3. The average molecular weight is 210 g/mol. The van der Waals surface area contributed by atoms with E-state index in [0.29, 0.717) is 12.3 Å². The molecule has 0 aliphatic heterocycles. The summed E-state index contributed by atoms with van der Waals surface area (Å²) in [6.07, 6.45) is -2.95. The predicted molar refractivity (Wildman–Crippen MR) is 47.8 cm³/mol. The van der Waals surface area contributed by atoms with Crippen LogP contribution in [0.15, 0.2) is 0 Å². The zero-order valence-electron chi connectivity index (χ0n) is 8.35. The molecule has 1 saturated carbocycles. The molecule has 1 rings (SSSR count). The molecule has 0 spiro atoms. The fourth-order valence-corrected chi connectivity index (χ4v) is 2.10. The third kappa shape index (κ3) is 3.86. The first kappa shape index (κ1) is 11.8. The van der Waals surface area contributed by atoms with Gasteiger partial charge in [-0.1, -0.05) is 13.3 Å². The molecule has 3 unspecified atom stereocenters. The first-order valence-electron chi connectivity index (χ1n) is 5.13. The van der Waals surface area contributed by atoms with Gasteiger partial charge in [0.2, 0.25) is 0 Å². The summed E-state index contributed by atoms with van der Waals surface area (Å²) >= 11 is 0. The largest absolute Gasteiger partial charge is 0.393 e. The highest BCUT2D eigenvalue weighted by Gasteiger charge is 2.32. The van der Waals surface area contributed by atoms with Gasteiger partial charge in [-0.25, -0.2) is 0 Å². The van der Waals surface area contributed by atoms with Crippen molar-refractivity contribution in [2.75, 3.05) is 0 Å². The highest BCUT2D eigenvalue weighted by Crippen LogP contribution is 2.34. The minimum absolute atomic E-state index is 0.0807. The van der Waals surface area contributed by atoms with E-state index in [1.807, 2.05) is 6.92 Å². The predicted octanol–water partition coefficient (Wildman–Crippen LogP) is 3.13. The van der Waals surface area contributed by atoms with Crippen LogP contribution in [0.5, 0.6) is 0 Å². The molecular weight excluding hydrogens is 193 g/mol. The van der Waals surface area contributed by atoms with Crippen LogP contribution in [0, 0.1) is 11.8 Å². The quantitative estimate of drug-likeness (QED) is 0.742. The number of aliphatic hydroxyl groups is 1. The SMILES string of the molecule is CC1CCC(CCC(F)(F)F)C(O)C1. The second-order valence-electron chi connectivity index (χ2n) is 4.40. The van der Waals surface area contributed by atoms with Crippen LogP contribution in [0.4, 0.5) is 13.2 Å². The first-order chi connectivity index (χ1) is 6.38. The van der Waals surface area contributed by atoms with Crippen LogP contribution >= 0.6 is 0 Å². The standard InChI is InChI=1S/C10H17F3O/c1-7-2-3-8(9(14)6-7)4-5-10(11,12)13/h7-9,14H,2-6H2,1H3. The van der Waals surface area contributed by atoms with Crippen LogP contribution < -0.4 is 0 Å². The average Bonchev–Trinajstić information content (AvgIpc) is 2.00. The summed E-state index contributed by atoms with van der Waals surface area (Å²) in [6, 6.07) is 0. The van der Waals surface area contributed by atoms with E-state index in [2.05, 4.69) is 0 Å². The number of alkyl halides is 3. The van der Waals surface area contributed by atoms with Gasteiger partial charge in [-0.15, -0.1) is 0 Å². The van der Waals surface area contributed by atoms with E-state index in [1.165, 1.54) is 0 Å². The third-order valence-electron chi connectivity index (χ3n) is 3.02. The van der Waals surface area contributed by atoms with Crippen molar-refractivity contribution in [3.63, 3.8) is 0 Å². The van der Waals surface area contributed by atoms with E-state index in [1.54, 1.807) is 0 Å². The lowest BCUT2D eigenvalue weighted by molar-refractivity contribution is -0.140. The molecule has 84 valence electrons. The number of hydrogen-bond donors (Lipinski definition) is 1. The summed E-state index contributed by atoms with van der Waals surface area (Å²) in [5.41, 5.74) is 0. The summed E-state index contributed by atoms with van der Waals surface area (Å²) in [5.74, 6) is 0.306. The van der Waals surface area contributed by atoms with E-state index >= 15 is 0 Å². The molecule has 0 bridgehead atoms. The van der Waals surface area contributed by atoms with Gasteiger partial charge in [0.05, 0.1) is 6.10 Å². The Hall–Kier alpha value is -0.250. The smallest absolute Gasteiger partial charge is 0.389 e. The van der Waals surface area contributed by atoms with Crippen LogP contribution in [-0.2, 0) is 0 Å². The summed E-state index contributed by atoms with van der Waals surface area (Å²) in [4.78, 5) is 0. The van der Waals surface area contributed by atoms with Crippen LogP contribution in [0.25, 0.3) is 0 Å². The lowest BCUT2D eigenvalue weighted by atomic mass is 9.78. The minimum atomic E-state index is -4.08. The van der Waals surface area contributed by atoms with Crippen molar-refractivity contribution in [2.45, 2.75) is 51.3 Å². The van der Waals surface area contributed by atoms with E-state index in [-0.39, 0.29) is 12.3 Å². The summed E-state index contributed by atoms with van der Waals surface area (Å²) < 4.78 is 35.8. The van der Waals surface area contributed by atoms with Crippen LogP contribution in [0.1, 0.15) is 39.0 Å². The van der Waals surface area contributed by atoms with Gasteiger partial charge in [0, 0.05) is 6.42 Å². The lowest BCUT2D eigenvalue weighted by Gasteiger charge is -2.31. The Morgan fingerprint density at radius 2 is 1.93 bits per heavy atom. The topological polar surface area (TPSA) is 20.2 Å². The monoisotopic (exact) mass is 210 g/mol. The number of hydrogen-bond acceptors (Lipinski definition) is 1. The maximum atomic E-state index is 11.9. The Morgan fingerprint density at radius 3 is 2.43 bits per heavy atom. The number of rotatable bonds is 2. The maximum Gasteiger partial charge on any atom is 0.389 e. The molecule has 4 heteroatoms. The molecule has 0 radical (unpaired) electrons. The van der Waals surface area contributed by atoms with Gasteiger partial charge in [0.15, 0.2) is 0 Å². The molecule has 1 nitrogen and oxygen atoms in total. The van der Waals surface area contributed by atoms with Gasteiger partial charge >= 0.3 is 6.18 Å². The van der Waals surface area contributed by atoms with Crippen molar-refractivity contribution >= 4 is 0 Å². The van der Waals surface area contributed by atoms with Crippen molar-refractivity contribution in [2.24, 2.45) is 11.8 Å². The molecule has 0 aromatic heterocycles. The van der Waals surface area contributed by atoms with Crippen LogP contribution in [0.3, 0.4) is 0 Å². The lowest BCUT2D eigenvalue weighted by Crippen LogP contribution is -2.29. The molecule has 3 atom stereocenters. The Morgan fingerprint density at radius 1 is 1.29 bits per heavy atom. The van der Waals surface area contributed by atoms with Gasteiger partial charge in [0.1, 0.15) is 0 Å². The van der Waals surface area contributed by atoms with Gasteiger partial charge in [0.25, 0.3) is 0 Å². The highest BCUT2D eigenvalue weighted by atomic mass is 19.4. The molecule has 1 fully saturated rings. The first-order valence-corrected chi connectivity index (χ1v) is 5.13. The molecule has 0 saturated heterocycles. The summed E-state index contributed by atoms with van der Waals surface area (Å²) in [5, 5.41) is 9.57. The third-order valence-corrected chi connectivity index (χ3v) is 3.02. The molecule has 0 aromatic carbocycles. The molecule has 0 amide bonds. The minimum Gasteiger partial charge on any atom is -0.393 e. The van der Waals surface area contributed by atoms with Crippen molar-refractivity contribution < 1.29 is 18.3 Å². The van der Waals surface area contributed by atoms with Gasteiger partial charge < -0.3 is 5.11 Å². The van der Waals surface area contributed by atoms with E-state index < -0.39 is 18.7 Å². The number of aliphatic hydroxyl groups excluding tert-OH is 1.